The van der Waals surface area contributed by atoms with E-state index >= 15 is 0 Å². The van der Waals surface area contributed by atoms with Crippen LogP contribution >= 0.6 is 23.2 Å². The van der Waals surface area contributed by atoms with E-state index in [9.17, 15) is 9.59 Å². The van der Waals surface area contributed by atoms with E-state index in [1.54, 1.807) is 55.8 Å². The third-order valence-corrected chi connectivity index (χ3v) is 7.19. The van der Waals surface area contributed by atoms with E-state index in [-0.39, 0.29) is 23.7 Å². The standard InChI is InChI=1S/C29H30Cl2N6O4/c1-29(2,3)41-28(39)34-17-8-9-18(13-17)40-19-10-11-23(32-15-19)35-27-33-14-16-12-20(26(38)37(4)25(16)36-27)24-21(30)6-5-7-22(24)31/h5-7,10-12,14-15,17-18H,8-9,13H2,1-4H3,(H,34,39)(H,32,33,35,36)/t17-,18-/m1/s1. The Morgan fingerprint density at radius 3 is 2.51 bits per heavy atom. The summed E-state index contributed by atoms with van der Waals surface area (Å²) in [6, 6.07) is 10.4. The molecule has 1 amide bonds. The topological polar surface area (TPSA) is 120 Å². The molecule has 5 rings (SSSR count). The number of rotatable bonds is 6. The number of hydrogen-bond donors (Lipinski definition) is 2. The minimum absolute atomic E-state index is 0.00232. The highest BCUT2D eigenvalue weighted by atomic mass is 35.5. The molecule has 0 unspecified atom stereocenters. The minimum atomic E-state index is -0.538. The average molecular weight is 598 g/mol. The quantitative estimate of drug-likeness (QED) is 0.267. The Kier molecular flexibility index (Phi) is 8.06. The van der Waals surface area contributed by atoms with Gasteiger partial charge in [0.15, 0.2) is 0 Å². The number of ether oxygens (including phenoxy) is 2. The fourth-order valence-electron chi connectivity index (χ4n) is 4.72. The van der Waals surface area contributed by atoms with Crippen LogP contribution in [-0.4, -0.2) is 43.4 Å². The molecule has 10 nitrogen and oxygen atoms in total. The lowest BCUT2D eigenvalue weighted by molar-refractivity contribution is 0.0503. The molecule has 1 aliphatic rings. The molecule has 214 valence electrons. The van der Waals surface area contributed by atoms with Gasteiger partial charge in [-0.15, -0.1) is 0 Å². The lowest BCUT2D eigenvalue weighted by Crippen LogP contribution is -2.38. The van der Waals surface area contributed by atoms with Crippen LogP contribution in [0.15, 0.2) is 53.6 Å². The first-order valence-electron chi connectivity index (χ1n) is 13.2. The highest BCUT2D eigenvalue weighted by Gasteiger charge is 2.29. The van der Waals surface area contributed by atoms with Crippen LogP contribution in [0.25, 0.3) is 22.2 Å². The van der Waals surface area contributed by atoms with Gasteiger partial charge in [-0.25, -0.2) is 14.8 Å². The number of alkyl carbamates (subject to hydrolysis) is 1. The SMILES string of the molecule is Cn1c(=O)c(-c2c(Cl)cccc2Cl)cc2cnc(Nc3ccc(O[C@@H]4CC[C@@H](NC(=O)OC(C)(C)C)C4)cn3)nc21. The van der Waals surface area contributed by atoms with E-state index in [1.165, 1.54) is 4.57 Å². The number of anilines is 2. The third kappa shape index (κ3) is 6.71. The molecule has 41 heavy (non-hydrogen) atoms. The summed E-state index contributed by atoms with van der Waals surface area (Å²) in [4.78, 5) is 38.6. The van der Waals surface area contributed by atoms with Crippen molar-refractivity contribution < 1.29 is 14.3 Å². The number of nitrogens with zero attached hydrogens (tertiary/aromatic N) is 4. The van der Waals surface area contributed by atoms with Crippen molar-refractivity contribution in [3.63, 3.8) is 0 Å². The molecule has 4 aromatic rings. The van der Waals surface area contributed by atoms with Gasteiger partial charge in [-0.05, 0) is 63.9 Å². The van der Waals surface area contributed by atoms with Crippen molar-refractivity contribution in [1.29, 1.82) is 0 Å². The molecule has 1 saturated carbocycles. The van der Waals surface area contributed by atoms with Crippen LogP contribution in [0.5, 0.6) is 5.75 Å². The number of pyridine rings is 2. The lowest BCUT2D eigenvalue weighted by Gasteiger charge is -2.21. The lowest BCUT2D eigenvalue weighted by atomic mass is 10.1. The Morgan fingerprint density at radius 1 is 1.07 bits per heavy atom. The predicted molar refractivity (Wildman–Crippen MR) is 159 cm³/mol. The molecule has 0 spiro atoms. The first kappa shape index (κ1) is 28.6. The first-order valence-corrected chi connectivity index (χ1v) is 13.9. The molecule has 1 aromatic carbocycles. The number of hydrogen-bond acceptors (Lipinski definition) is 8. The second-order valence-electron chi connectivity index (χ2n) is 10.9. The summed E-state index contributed by atoms with van der Waals surface area (Å²) in [6.45, 7) is 5.51. The summed E-state index contributed by atoms with van der Waals surface area (Å²) in [6.07, 6.45) is 5.10. The van der Waals surface area contributed by atoms with Crippen molar-refractivity contribution in [2.45, 2.75) is 57.8 Å². The Bertz CT molecular complexity index is 1630. The van der Waals surface area contributed by atoms with Crippen LogP contribution in [0.3, 0.4) is 0 Å². The maximum Gasteiger partial charge on any atom is 0.407 e. The van der Waals surface area contributed by atoms with Gasteiger partial charge in [0.2, 0.25) is 5.95 Å². The van der Waals surface area contributed by atoms with E-state index in [2.05, 4.69) is 25.6 Å². The van der Waals surface area contributed by atoms with E-state index in [1.807, 2.05) is 20.8 Å². The van der Waals surface area contributed by atoms with Crippen LogP contribution < -0.4 is 20.9 Å². The number of amides is 1. The second kappa shape index (κ2) is 11.5. The normalized spacial score (nSPS) is 16.9. The summed E-state index contributed by atoms with van der Waals surface area (Å²) >= 11 is 12.7. The third-order valence-electron chi connectivity index (χ3n) is 6.56. The highest BCUT2D eigenvalue weighted by Crippen LogP contribution is 2.34. The smallest absolute Gasteiger partial charge is 0.407 e. The molecule has 0 saturated heterocycles. The van der Waals surface area contributed by atoms with Gasteiger partial charge in [-0.1, -0.05) is 29.3 Å². The van der Waals surface area contributed by atoms with Crippen molar-refractivity contribution >= 4 is 52.1 Å². The zero-order chi connectivity index (χ0) is 29.3. The zero-order valence-corrected chi connectivity index (χ0v) is 24.6. The molecule has 2 atom stereocenters. The summed E-state index contributed by atoms with van der Waals surface area (Å²) in [5, 5.41) is 7.40. The maximum atomic E-state index is 13.2. The molecular weight excluding hydrogens is 567 g/mol. The molecule has 3 heterocycles. The van der Waals surface area contributed by atoms with E-state index in [0.717, 1.165) is 12.8 Å². The monoisotopic (exact) mass is 596 g/mol. The second-order valence-corrected chi connectivity index (χ2v) is 11.7. The van der Waals surface area contributed by atoms with Gasteiger partial charge >= 0.3 is 6.09 Å². The van der Waals surface area contributed by atoms with Gasteiger partial charge < -0.3 is 20.1 Å². The number of carbonyl (C=O) groups excluding carboxylic acids is 1. The van der Waals surface area contributed by atoms with Crippen LogP contribution in [0, 0.1) is 0 Å². The summed E-state index contributed by atoms with van der Waals surface area (Å²) in [5.74, 6) is 1.41. The Labute approximate surface area is 247 Å². The Morgan fingerprint density at radius 2 is 1.83 bits per heavy atom. The zero-order valence-electron chi connectivity index (χ0n) is 23.1. The van der Waals surface area contributed by atoms with Crippen molar-refractivity contribution in [2.24, 2.45) is 7.05 Å². The Hall–Kier alpha value is -3.89. The molecule has 0 radical (unpaired) electrons. The van der Waals surface area contributed by atoms with Crippen LogP contribution in [0.4, 0.5) is 16.6 Å². The number of aromatic nitrogens is 4. The first-order chi connectivity index (χ1) is 19.5. The molecule has 2 N–H and O–H groups in total. The van der Waals surface area contributed by atoms with Crippen molar-refractivity contribution in [3.05, 3.63) is 69.2 Å². The molecule has 1 aliphatic carbocycles. The number of aryl methyl sites for hydroxylation is 1. The molecule has 0 aliphatic heterocycles. The number of fused-ring (bicyclic) bond motifs is 1. The van der Waals surface area contributed by atoms with E-state index < -0.39 is 11.7 Å². The maximum absolute atomic E-state index is 13.2. The molecular formula is C29H30Cl2N6O4. The average Bonchev–Trinajstić information content (AvgIpc) is 3.33. The molecule has 1 fully saturated rings. The van der Waals surface area contributed by atoms with E-state index in [0.29, 0.717) is 50.2 Å². The number of carbonyl (C=O) groups is 1. The van der Waals surface area contributed by atoms with Gasteiger partial charge in [0.1, 0.15) is 28.9 Å². The van der Waals surface area contributed by atoms with Crippen LogP contribution in [0.2, 0.25) is 10.0 Å². The summed E-state index contributed by atoms with van der Waals surface area (Å²) in [5.41, 5.74) is 0.456. The largest absolute Gasteiger partial charge is 0.489 e. The minimum Gasteiger partial charge on any atom is -0.489 e. The fourth-order valence-corrected chi connectivity index (χ4v) is 5.33. The van der Waals surface area contributed by atoms with Crippen molar-refractivity contribution in [2.75, 3.05) is 5.32 Å². The Balaban J connectivity index is 1.24. The van der Waals surface area contributed by atoms with Gasteiger partial charge in [-0.3, -0.25) is 9.36 Å². The van der Waals surface area contributed by atoms with Crippen molar-refractivity contribution in [3.8, 4) is 16.9 Å². The number of benzene rings is 1. The van der Waals surface area contributed by atoms with Crippen LogP contribution in [0.1, 0.15) is 40.0 Å². The van der Waals surface area contributed by atoms with Crippen molar-refractivity contribution in [1.82, 2.24) is 24.8 Å². The van der Waals surface area contributed by atoms with Gasteiger partial charge in [-0.2, -0.15) is 4.98 Å². The summed E-state index contributed by atoms with van der Waals surface area (Å²) in [7, 11) is 1.64. The molecule has 3 aromatic heterocycles. The number of nitrogens with one attached hydrogen (secondary N) is 2. The van der Waals surface area contributed by atoms with Gasteiger partial charge in [0, 0.05) is 36.7 Å². The van der Waals surface area contributed by atoms with Gasteiger partial charge in [0.25, 0.3) is 5.56 Å². The predicted octanol–water partition coefficient (Wildman–Crippen LogP) is 6.27. The number of halogens is 2. The summed E-state index contributed by atoms with van der Waals surface area (Å²) < 4.78 is 12.9. The highest BCUT2D eigenvalue weighted by molar-refractivity contribution is 6.39. The van der Waals surface area contributed by atoms with Gasteiger partial charge in [0.05, 0.1) is 21.8 Å². The van der Waals surface area contributed by atoms with E-state index in [4.69, 9.17) is 32.7 Å². The van der Waals surface area contributed by atoms with Crippen LogP contribution in [-0.2, 0) is 11.8 Å². The fraction of sp³-hybridized carbons (Fsp3) is 0.345. The molecule has 12 heteroatoms. The molecule has 0 bridgehead atoms.